The highest BCUT2D eigenvalue weighted by Gasteiger charge is 2.05. The first-order valence-electron chi connectivity index (χ1n) is 8.75. The van der Waals surface area contributed by atoms with Crippen molar-refractivity contribution in [3.8, 4) is 0 Å². The molecule has 0 bridgehead atoms. The Balaban J connectivity index is 3.36. The molecule has 0 radical (unpaired) electrons. The molecule has 0 aliphatic heterocycles. The fourth-order valence-electron chi connectivity index (χ4n) is 2.62. The zero-order valence-corrected chi connectivity index (χ0v) is 14.3. The molecular formula is C19H38. The van der Waals surface area contributed by atoms with E-state index in [0.29, 0.717) is 0 Å². The highest BCUT2D eigenvalue weighted by atomic mass is 14.1. The molecule has 0 heterocycles. The van der Waals surface area contributed by atoms with Gasteiger partial charge in [0.15, 0.2) is 0 Å². The van der Waals surface area contributed by atoms with Crippen molar-refractivity contribution in [3.63, 3.8) is 0 Å². The predicted octanol–water partition coefficient (Wildman–Crippen LogP) is 7.15. The summed E-state index contributed by atoms with van der Waals surface area (Å²) in [6.07, 6.45) is 16.2. The zero-order chi connectivity index (χ0) is 14.5. The Labute approximate surface area is 123 Å². The van der Waals surface area contributed by atoms with Crippen LogP contribution in [0.1, 0.15) is 98.8 Å². The Kier molecular flexibility index (Phi) is 12.6. The Morgan fingerprint density at radius 3 is 2.11 bits per heavy atom. The first-order chi connectivity index (χ1) is 9.10. The third-order valence-electron chi connectivity index (χ3n) is 4.42. The van der Waals surface area contributed by atoms with Gasteiger partial charge >= 0.3 is 0 Å². The smallest absolute Gasteiger partial charge is 0.0323 e. The molecule has 0 nitrogen and oxygen atoms in total. The average Bonchev–Trinajstić information content (AvgIpc) is 2.40. The Bertz CT molecular complexity index is 214. The molecular weight excluding hydrogens is 228 g/mol. The Hall–Kier alpha value is -0.260. The van der Waals surface area contributed by atoms with Crippen molar-refractivity contribution in [3.05, 3.63) is 11.6 Å². The van der Waals surface area contributed by atoms with E-state index in [1.807, 2.05) is 0 Å². The van der Waals surface area contributed by atoms with Crippen molar-refractivity contribution < 1.29 is 0 Å². The third kappa shape index (κ3) is 12.5. The van der Waals surface area contributed by atoms with E-state index < -0.39 is 0 Å². The summed E-state index contributed by atoms with van der Waals surface area (Å²) >= 11 is 0. The van der Waals surface area contributed by atoms with E-state index in [1.54, 1.807) is 5.57 Å². The van der Waals surface area contributed by atoms with Crippen molar-refractivity contribution >= 4 is 0 Å². The van der Waals surface area contributed by atoms with Gasteiger partial charge < -0.3 is 0 Å². The van der Waals surface area contributed by atoms with Gasteiger partial charge in [0.1, 0.15) is 0 Å². The van der Waals surface area contributed by atoms with Crippen molar-refractivity contribution in [1.29, 1.82) is 0 Å². The minimum atomic E-state index is 0.927. The van der Waals surface area contributed by atoms with E-state index in [-0.39, 0.29) is 0 Å². The van der Waals surface area contributed by atoms with Gasteiger partial charge in [0.25, 0.3) is 0 Å². The number of unbranched alkanes of at least 4 members (excludes halogenated alkanes) is 3. The van der Waals surface area contributed by atoms with Gasteiger partial charge in [0, 0.05) is 0 Å². The van der Waals surface area contributed by atoms with Crippen LogP contribution in [0.15, 0.2) is 11.6 Å². The van der Waals surface area contributed by atoms with Crippen molar-refractivity contribution in [1.82, 2.24) is 0 Å². The number of allylic oxidation sites excluding steroid dienone is 2. The first kappa shape index (κ1) is 18.7. The normalized spacial score (nSPS) is 15.5. The van der Waals surface area contributed by atoms with E-state index >= 15 is 0 Å². The summed E-state index contributed by atoms with van der Waals surface area (Å²) in [5.74, 6) is 1.87. The molecule has 0 aromatic carbocycles. The van der Waals surface area contributed by atoms with Crippen LogP contribution in [0.2, 0.25) is 0 Å². The van der Waals surface area contributed by atoms with Crippen molar-refractivity contribution in [2.45, 2.75) is 98.8 Å². The minimum absolute atomic E-state index is 0.927. The van der Waals surface area contributed by atoms with Gasteiger partial charge in [-0.25, -0.2) is 0 Å². The summed E-state index contributed by atoms with van der Waals surface area (Å²) in [6, 6.07) is 0. The molecule has 0 aromatic heterocycles. The number of hydrogen-bond acceptors (Lipinski definition) is 0. The van der Waals surface area contributed by atoms with Crippen LogP contribution in [0.3, 0.4) is 0 Å². The number of hydrogen-bond donors (Lipinski definition) is 0. The molecule has 0 aliphatic carbocycles. The van der Waals surface area contributed by atoms with Gasteiger partial charge in [-0.2, -0.15) is 0 Å². The summed E-state index contributed by atoms with van der Waals surface area (Å²) < 4.78 is 0. The van der Waals surface area contributed by atoms with E-state index in [2.05, 4.69) is 40.7 Å². The van der Waals surface area contributed by atoms with Gasteiger partial charge in [0.05, 0.1) is 0 Å². The highest BCUT2D eigenvalue weighted by molar-refractivity contribution is 4.96. The molecule has 0 aliphatic rings. The lowest BCUT2D eigenvalue weighted by molar-refractivity contribution is 0.393. The standard InChI is InChI=1S/C19H38/c1-6-12-18(4)13-10-8-9-11-14-19(5)16-15-17(3)7-2/h12,17,19H,6-11,13-16H2,1-5H3. The third-order valence-corrected chi connectivity index (χ3v) is 4.42. The largest absolute Gasteiger partial charge is 0.0859 e. The highest BCUT2D eigenvalue weighted by Crippen LogP contribution is 2.20. The summed E-state index contributed by atoms with van der Waals surface area (Å²) in [5.41, 5.74) is 1.59. The van der Waals surface area contributed by atoms with Gasteiger partial charge in [-0.05, 0) is 38.0 Å². The molecule has 0 saturated carbocycles. The molecule has 0 spiro atoms. The second kappa shape index (κ2) is 12.8. The molecule has 0 N–H and O–H groups in total. The zero-order valence-electron chi connectivity index (χ0n) is 14.3. The topological polar surface area (TPSA) is 0 Å². The van der Waals surface area contributed by atoms with E-state index in [1.165, 1.54) is 64.2 Å². The van der Waals surface area contributed by atoms with Crippen LogP contribution in [0, 0.1) is 11.8 Å². The lowest BCUT2D eigenvalue weighted by Crippen LogP contribution is -1.99. The van der Waals surface area contributed by atoms with Crippen LogP contribution in [-0.4, -0.2) is 0 Å². The fraction of sp³-hybridized carbons (Fsp3) is 0.895. The molecule has 0 aromatic rings. The predicted molar refractivity (Wildman–Crippen MR) is 89.6 cm³/mol. The van der Waals surface area contributed by atoms with Gasteiger partial charge in [-0.15, -0.1) is 0 Å². The van der Waals surface area contributed by atoms with Gasteiger partial charge in [0.2, 0.25) is 0 Å². The summed E-state index contributed by atoms with van der Waals surface area (Å²) in [5, 5.41) is 0. The molecule has 0 rings (SSSR count). The van der Waals surface area contributed by atoms with Crippen LogP contribution >= 0.6 is 0 Å². The maximum atomic E-state index is 2.44. The molecule has 0 fully saturated rings. The van der Waals surface area contributed by atoms with E-state index in [9.17, 15) is 0 Å². The minimum Gasteiger partial charge on any atom is -0.0859 e. The number of rotatable bonds is 12. The summed E-state index contributed by atoms with van der Waals surface area (Å²) in [4.78, 5) is 0. The second-order valence-corrected chi connectivity index (χ2v) is 6.61. The van der Waals surface area contributed by atoms with Gasteiger partial charge in [-0.1, -0.05) is 84.3 Å². The Morgan fingerprint density at radius 1 is 0.842 bits per heavy atom. The molecule has 0 saturated heterocycles. The molecule has 0 amide bonds. The molecule has 0 heteroatoms. The van der Waals surface area contributed by atoms with Crippen LogP contribution in [0.25, 0.3) is 0 Å². The van der Waals surface area contributed by atoms with Crippen LogP contribution in [0.4, 0.5) is 0 Å². The van der Waals surface area contributed by atoms with E-state index in [0.717, 1.165) is 11.8 Å². The summed E-state index contributed by atoms with van der Waals surface area (Å²) in [6.45, 7) is 11.6. The van der Waals surface area contributed by atoms with Crippen LogP contribution in [-0.2, 0) is 0 Å². The van der Waals surface area contributed by atoms with Crippen molar-refractivity contribution in [2.24, 2.45) is 11.8 Å². The summed E-state index contributed by atoms with van der Waals surface area (Å²) in [7, 11) is 0. The Morgan fingerprint density at radius 2 is 1.47 bits per heavy atom. The van der Waals surface area contributed by atoms with Gasteiger partial charge in [-0.3, -0.25) is 0 Å². The maximum Gasteiger partial charge on any atom is -0.0323 e. The SMILES string of the molecule is CCC=C(C)CCCCCCC(C)CCC(C)CC. The van der Waals surface area contributed by atoms with Crippen molar-refractivity contribution in [2.75, 3.05) is 0 Å². The average molecular weight is 267 g/mol. The van der Waals surface area contributed by atoms with Crippen LogP contribution in [0.5, 0.6) is 0 Å². The molecule has 19 heavy (non-hydrogen) atoms. The van der Waals surface area contributed by atoms with E-state index in [4.69, 9.17) is 0 Å². The molecule has 114 valence electrons. The molecule has 2 unspecified atom stereocenters. The second-order valence-electron chi connectivity index (χ2n) is 6.61. The quantitative estimate of drug-likeness (QED) is 0.260. The fourth-order valence-corrected chi connectivity index (χ4v) is 2.62. The lowest BCUT2D eigenvalue weighted by Gasteiger charge is -2.14. The lowest BCUT2D eigenvalue weighted by atomic mass is 9.92. The molecule has 2 atom stereocenters. The first-order valence-corrected chi connectivity index (χ1v) is 8.75. The maximum absolute atomic E-state index is 2.44. The monoisotopic (exact) mass is 266 g/mol. The van der Waals surface area contributed by atoms with Crippen LogP contribution < -0.4 is 0 Å².